The topological polar surface area (TPSA) is 107 Å². The summed E-state index contributed by atoms with van der Waals surface area (Å²) in [6, 6.07) is 0.451. The van der Waals surface area contributed by atoms with Crippen molar-refractivity contribution >= 4 is 30.0 Å². The van der Waals surface area contributed by atoms with Crippen molar-refractivity contribution < 1.29 is 9.00 Å². The van der Waals surface area contributed by atoms with Crippen LogP contribution in [-0.2, 0) is 16.0 Å². The molecule has 3 unspecified atom stereocenters. The Balaban J connectivity index is 0.00000137. The lowest BCUT2D eigenvalue weighted by Gasteiger charge is -2.52. The van der Waals surface area contributed by atoms with Crippen molar-refractivity contribution in [3.63, 3.8) is 0 Å². The number of hydrogen-bond acceptors (Lipinski definition) is 6. The minimum Gasteiger partial charge on any atom is -0.333 e. The molecule has 3 saturated heterocycles. The summed E-state index contributed by atoms with van der Waals surface area (Å²) in [6.07, 6.45) is 11.4. The van der Waals surface area contributed by atoms with Gasteiger partial charge in [-0.2, -0.15) is 0 Å². The monoisotopic (exact) mass is 531 g/mol. The van der Waals surface area contributed by atoms with Crippen molar-refractivity contribution in [1.29, 1.82) is 0 Å². The molecule has 0 radical (unpaired) electrons. The van der Waals surface area contributed by atoms with Gasteiger partial charge in [0.2, 0.25) is 5.91 Å². The van der Waals surface area contributed by atoms with Crippen LogP contribution in [0.2, 0.25) is 0 Å². The zero-order valence-electron chi connectivity index (χ0n) is 22.7. The second-order valence-corrected chi connectivity index (χ2v) is 13.4. The number of piperidine rings is 2. The standard InChI is InChI=1S/C26H40N6O2S.CH5N/c1-19-5-3-6-22(19)32-23(27-2)21(26(10-11-26)24(32)33)15-29-20-7-13-30(14-8-20)35(34)31-17-25(18-31)9-4-12-28-16-25;1-2/h15,19-20,22,28H,2-14,16-18H2,1H3;2H2,1H3. The van der Waals surface area contributed by atoms with E-state index in [9.17, 15) is 9.00 Å². The third kappa shape index (κ3) is 4.88. The predicted molar refractivity (Wildman–Crippen MR) is 149 cm³/mol. The lowest BCUT2D eigenvalue weighted by atomic mass is 9.75. The molecular formula is C27H45N7O2S. The molecule has 1 amide bonds. The molecule has 0 aromatic heterocycles. The summed E-state index contributed by atoms with van der Waals surface area (Å²) in [6.45, 7) is 11.8. The van der Waals surface area contributed by atoms with Gasteiger partial charge in [-0.05, 0) is 77.6 Å². The first kappa shape index (κ1) is 27.1. The Bertz CT molecular complexity index is 956. The van der Waals surface area contributed by atoms with Gasteiger partial charge in [0.05, 0.1) is 11.5 Å². The maximum Gasteiger partial charge on any atom is 0.239 e. The molecule has 206 valence electrons. The summed E-state index contributed by atoms with van der Waals surface area (Å²) in [5.74, 6) is 1.49. The molecule has 10 heteroatoms. The van der Waals surface area contributed by atoms with E-state index >= 15 is 0 Å². The number of nitrogens with one attached hydrogen (secondary N) is 1. The highest BCUT2D eigenvalue weighted by molar-refractivity contribution is 7.80. The zero-order valence-corrected chi connectivity index (χ0v) is 23.5. The maximum atomic E-state index is 13.5. The fourth-order valence-electron chi connectivity index (χ4n) is 7.16. The molecule has 0 aromatic rings. The Hall–Kier alpha value is -1.46. The van der Waals surface area contributed by atoms with Crippen LogP contribution in [0, 0.1) is 16.7 Å². The van der Waals surface area contributed by atoms with Crippen LogP contribution in [0.1, 0.15) is 64.7 Å². The van der Waals surface area contributed by atoms with Crippen LogP contribution in [0.15, 0.2) is 21.4 Å². The fraction of sp³-hybridized carbons (Fsp3) is 0.815. The number of aliphatic imine (C=N–C) groups is 2. The predicted octanol–water partition coefficient (Wildman–Crippen LogP) is 2.08. The van der Waals surface area contributed by atoms with E-state index in [2.05, 4.69) is 38.3 Å². The number of hydrogen-bond donors (Lipinski definition) is 2. The van der Waals surface area contributed by atoms with Crippen LogP contribution < -0.4 is 11.1 Å². The molecule has 2 saturated carbocycles. The Morgan fingerprint density at radius 2 is 1.81 bits per heavy atom. The molecule has 2 aliphatic carbocycles. The van der Waals surface area contributed by atoms with E-state index < -0.39 is 16.6 Å². The summed E-state index contributed by atoms with van der Waals surface area (Å²) in [5.41, 5.74) is 5.45. The lowest BCUT2D eigenvalue weighted by molar-refractivity contribution is -0.134. The summed E-state index contributed by atoms with van der Waals surface area (Å²) >= 11 is -1.03. The summed E-state index contributed by atoms with van der Waals surface area (Å²) in [4.78, 5) is 24.8. The molecule has 5 fully saturated rings. The van der Waals surface area contributed by atoms with Gasteiger partial charge in [0.15, 0.2) is 11.2 Å². The molecule has 0 bridgehead atoms. The van der Waals surface area contributed by atoms with Gasteiger partial charge in [0.1, 0.15) is 5.82 Å². The first-order chi connectivity index (χ1) is 18.0. The molecule has 37 heavy (non-hydrogen) atoms. The number of nitrogens with two attached hydrogens (primary N) is 1. The number of amides is 1. The lowest BCUT2D eigenvalue weighted by Crippen LogP contribution is -2.64. The number of carbonyl (C=O) groups is 1. The third-order valence-corrected chi connectivity index (χ3v) is 11.0. The van der Waals surface area contributed by atoms with Gasteiger partial charge in [-0.25, -0.2) is 17.8 Å². The van der Waals surface area contributed by atoms with Crippen molar-refractivity contribution in [2.75, 3.05) is 46.3 Å². The molecule has 6 aliphatic rings. The number of carbonyl (C=O) groups excluding carboxylic acids is 1. The largest absolute Gasteiger partial charge is 0.333 e. The molecule has 6 rings (SSSR count). The highest BCUT2D eigenvalue weighted by atomic mass is 32.2. The third-order valence-electron chi connectivity index (χ3n) is 9.52. The second-order valence-electron chi connectivity index (χ2n) is 11.9. The van der Waals surface area contributed by atoms with Crippen molar-refractivity contribution in [3.8, 4) is 0 Å². The van der Waals surface area contributed by atoms with Crippen LogP contribution in [0.4, 0.5) is 0 Å². The highest BCUT2D eigenvalue weighted by Gasteiger charge is 2.62. The van der Waals surface area contributed by atoms with Gasteiger partial charge >= 0.3 is 0 Å². The quantitative estimate of drug-likeness (QED) is 0.512. The molecular weight excluding hydrogens is 486 g/mol. The van der Waals surface area contributed by atoms with Crippen LogP contribution in [-0.4, -0.2) is 95.0 Å². The van der Waals surface area contributed by atoms with E-state index in [1.54, 1.807) is 0 Å². The Labute approximate surface area is 224 Å². The van der Waals surface area contributed by atoms with E-state index in [1.165, 1.54) is 32.7 Å². The summed E-state index contributed by atoms with van der Waals surface area (Å²) in [5, 5.41) is 3.51. The van der Waals surface area contributed by atoms with E-state index in [-0.39, 0.29) is 18.0 Å². The van der Waals surface area contributed by atoms with Crippen molar-refractivity contribution in [2.24, 2.45) is 32.5 Å². The molecule has 3 N–H and O–H groups in total. The first-order valence-corrected chi connectivity index (χ1v) is 15.3. The molecule has 3 atom stereocenters. The maximum absolute atomic E-state index is 13.5. The number of nitrogens with zero attached hydrogens (tertiary/aromatic N) is 5. The molecule has 4 heterocycles. The van der Waals surface area contributed by atoms with E-state index in [0.29, 0.717) is 11.3 Å². The minimum atomic E-state index is -1.03. The number of rotatable bonds is 6. The van der Waals surface area contributed by atoms with Gasteiger partial charge in [0, 0.05) is 56.0 Å². The van der Waals surface area contributed by atoms with E-state index in [4.69, 9.17) is 4.99 Å². The SMILES string of the molecule is C=NC1=C(C=NC2CCN(S(=O)N3CC4(CCCNC4)C3)CC2)C2(CC2)C(=O)N1C1CCCC1C.CN. The molecule has 2 spiro atoms. The summed E-state index contributed by atoms with van der Waals surface area (Å²) in [7, 11) is 1.50. The van der Waals surface area contributed by atoms with Crippen LogP contribution >= 0.6 is 0 Å². The summed E-state index contributed by atoms with van der Waals surface area (Å²) < 4.78 is 17.4. The second kappa shape index (κ2) is 11.0. The van der Waals surface area contributed by atoms with E-state index in [1.807, 2.05) is 11.1 Å². The van der Waals surface area contributed by atoms with Gasteiger partial charge in [-0.1, -0.05) is 13.3 Å². The molecule has 4 aliphatic heterocycles. The highest BCUT2D eigenvalue weighted by Crippen LogP contribution is 2.59. The minimum absolute atomic E-state index is 0.206. The van der Waals surface area contributed by atoms with Gasteiger partial charge < -0.3 is 11.1 Å². The average molecular weight is 532 g/mol. The van der Waals surface area contributed by atoms with Crippen LogP contribution in [0.25, 0.3) is 0 Å². The van der Waals surface area contributed by atoms with Gasteiger partial charge in [-0.15, -0.1) is 0 Å². The fourth-order valence-corrected chi connectivity index (χ4v) is 8.78. The Kier molecular flexibility index (Phi) is 8.03. The van der Waals surface area contributed by atoms with Gasteiger partial charge in [-0.3, -0.25) is 14.7 Å². The van der Waals surface area contributed by atoms with Crippen molar-refractivity contribution in [3.05, 3.63) is 11.4 Å². The van der Waals surface area contributed by atoms with Crippen molar-refractivity contribution in [2.45, 2.75) is 76.8 Å². The smallest absolute Gasteiger partial charge is 0.239 e. The zero-order chi connectivity index (χ0) is 26.2. The van der Waals surface area contributed by atoms with E-state index in [0.717, 1.165) is 82.8 Å². The van der Waals surface area contributed by atoms with Crippen LogP contribution in [0.3, 0.4) is 0 Å². The first-order valence-electron chi connectivity index (χ1n) is 14.3. The van der Waals surface area contributed by atoms with Crippen LogP contribution in [0.5, 0.6) is 0 Å². The molecule has 9 nitrogen and oxygen atoms in total. The van der Waals surface area contributed by atoms with Gasteiger partial charge in [0.25, 0.3) is 0 Å². The van der Waals surface area contributed by atoms with Crippen molar-refractivity contribution in [1.82, 2.24) is 18.8 Å². The average Bonchev–Trinajstić information content (AvgIpc) is 3.56. The Morgan fingerprint density at radius 1 is 1.08 bits per heavy atom. The molecule has 0 aromatic carbocycles. The Morgan fingerprint density at radius 3 is 2.38 bits per heavy atom. The normalized spacial score (nSPS) is 32.6.